The van der Waals surface area contributed by atoms with Gasteiger partial charge in [0.1, 0.15) is 11.5 Å². The van der Waals surface area contributed by atoms with Gasteiger partial charge in [0.2, 0.25) is 5.91 Å². The Morgan fingerprint density at radius 1 is 1.13 bits per heavy atom. The van der Waals surface area contributed by atoms with Gasteiger partial charge in [-0.05, 0) is 43.3 Å². The molecule has 0 fully saturated rings. The minimum atomic E-state index is -0.271. The van der Waals surface area contributed by atoms with E-state index in [1.807, 2.05) is 19.1 Å². The highest BCUT2D eigenvalue weighted by molar-refractivity contribution is 8.00. The van der Waals surface area contributed by atoms with Gasteiger partial charge in [-0.2, -0.15) is 0 Å². The van der Waals surface area contributed by atoms with E-state index in [1.54, 1.807) is 44.6 Å². The molecule has 0 saturated carbocycles. The lowest BCUT2D eigenvalue weighted by Gasteiger charge is -2.15. The number of benzene rings is 2. The summed E-state index contributed by atoms with van der Waals surface area (Å²) in [6.45, 7) is 1.85. The molecule has 23 heavy (non-hydrogen) atoms. The van der Waals surface area contributed by atoms with Crippen molar-refractivity contribution in [1.82, 2.24) is 0 Å². The van der Waals surface area contributed by atoms with E-state index in [1.165, 1.54) is 11.8 Å². The number of amides is 1. The molecule has 0 radical (unpaired) electrons. The van der Waals surface area contributed by atoms with Crippen LogP contribution in [0.3, 0.4) is 0 Å². The lowest BCUT2D eigenvalue weighted by Crippen LogP contribution is -2.22. The van der Waals surface area contributed by atoms with Crippen molar-refractivity contribution in [3.8, 4) is 11.5 Å². The van der Waals surface area contributed by atoms with E-state index in [-0.39, 0.29) is 11.2 Å². The molecule has 6 heteroatoms. The van der Waals surface area contributed by atoms with Gasteiger partial charge in [-0.15, -0.1) is 11.8 Å². The summed E-state index contributed by atoms with van der Waals surface area (Å²) in [7, 11) is 3.13. The van der Waals surface area contributed by atoms with Crippen LogP contribution in [0.4, 0.5) is 5.69 Å². The zero-order chi connectivity index (χ0) is 16.8. The lowest BCUT2D eigenvalue weighted by atomic mass is 10.2. The van der Waals surface area contributed by atoms with Gasteiger partial charge in [0.15, 0.2) is 0 Å². The van der Waals surface area contributed by atoms with Crippen LogP contribution >= 0.6 is 23.4 Å². The number of anilines is 1. The molecule has 1 N–H and O–H groups in total. The fraction of sp³-hybridized carbons (Fsp3) is 0.235. The first kappa shape index (κ1) is 17.5. The summed E-state index contributed by atoms with van der Waals surface area (Å²) in [6.07, 6.45) is 0. The molecule has 2 rings (SSSR count). The first-order valence-electron chi connectivity index (χ1n) is 6.98. The summed E-state index contributed by atoms with van der Waals surface area (Å²) in [5, 5.41) is 3.28. The number of carbonyl (C=O) groups excluding carboxylic acids is 1. The van der Waals surface area contributed by atoms with Crippen LogP contribution in [0.1, 0.15) is 6.92 Å². The summed E-state index contributed by atoms with van der Waals surface area (Å²) in [4.78, 5) is 13.4. The quantitative estimate of drug-likeness (QED) is 0.780. The summed E-state index contributed by atoms with van der Waals surface area (Å²) in [5.74, 6) is 1.12. The average molecular weight is 352 g/mol. The number of halogens is 1. The molecule has 4 nitrogen and oxygen atoms in total. The summed E-state index contributed by atoms with van der Waals surface area (Å²) < 4.78 is 10.4. The molecule has 0 aliphatic rings. The first-order valence-corrected chi connectivity index (χ1v) is 8.24. The minimum absolute atomic E-state index is 0.114. The topological polar surface area (TPSA) is 47.6 Å². The lowest BCUT2D eigenvalue weighted by molar-refractivity contribution is -0.115. The number of nitrogens with one attached hydrogen (secondary N) is 1. The van der Waals surface area contributed by atoms with Crippen molar-refractivity contribution in [3.05, 3.63) is 47.5 Å². The predicted molar refractivity (Wildman–Crippen MR) is 94.9 cm³/mol. The van der Waals surface area contributed by atoms with E-state index < -0.39 is 0 Å². The molecule has 0 heterocycles. The molecule has 0 unspecified atom stereocenters. The van der Waals surface area contributed by atoms with E-state index >= 15 is 0 Å². The molecular formula is C17H18ClNO3S. The number of hydrogen-bond donors (Lipinski definition) is 1. The Morgan fingerprint density at radius 2 is 1.83 bits per heavy atom. The molecule has 0 aliphatic heterocycles. The summed E-state index contributed by atoms with van der Waals surface area (Å²) >= 11 is 7.33. The van der Waals surface area contributed by atoms with Gasteiger partial charge in [-0.1, -0.05) is 11.6 Å². The number of thioether (sulfide) groups is 1. The van der Waals surface area contributed by atoms with E-state index in [0.717, 1.165) is 4.90 Å². The molecule has 0 aliphatic carbocycles. The maximum atomic E-state index is 12.4. The third-order valence-electron chi connectivity index (χ3n) is 3.16. The largest absolute Gasteiger partial charge is 0.497 e. The van der Waals surface area contributed by atoms with Crippen LogP contribution in [0.2, 0.25) is 5.02 Å². The van der Waals surface area contributed by atoms with Crippen LogP contribution < -0.4 is 14.8 Å². The molecule has 0 bridgehead atoms. The fourth-order valence-corrected chi connectivity index (χ4v) is 2.91. The standard InChI is InChI=1S/C17H18ClNO3S/c1-11(23-14-7-4-12(18)5-8-14)17(20)19-15-10-13(21-2)6-9-16(15)22-3/h4-11H,1-3H3,(H,19,20)/t11-/m1/s1. The third-order valence-corrected chi connectivity index (χ3v) is 4.52. The van der Waals surface area contributed by atoms with Gasteiger partial charge in [0, 0.05) is 16.0 Å². The highest BCUT2D eigenvalue weighted by Crippen LogP contribution is 2.30. The second kappa shape index (κ2) is 8.13. The molecule has 2 aromatic carbocycles. The molecule has 0 saturated heterocycles. The Kier molecular flexibility index (Phi) is 6.19. The first-order chi connectivity index (χ1) is 11.0. The van der Waals surface area contributed by atoms with Crippen LogP contribution in [0.5, 0.6) is 11.5 Å². The van der Waals surface area contributed by atoms with Crippen LogP contribution in [-0.2, 0) is 4.79 Å². The van der Waals surface area contributed by atoms with Gasteiger partial charge in [-0.25, -0.2) is 0 Å². The smallest absolute Gasteiger partial charge is 0.237 e. The van der Waals surface area contributed by atoms with E-state index in [4.69, 9.17) is 21.1 Å². The molecule has 0 aromatic heterocycles. The Morgan fingerprint density at radius 3 is 2.43 bits per heavy atom. The Labute approximate surface area is 145 Å². The van der Waals surface area contributed by atoms with Crippen molar-refractivity contribution < 1.29 is 14.3 Å². The fourth-order valence-electron chi connectivity index (χ4n) is 1.92. The number of hydrogen-bond acceptors (Lipinski definition) is 4. The van der Waals surface area contributed by atoms with Crippen molar-refractivity contribution in [3.63, 3.8) is 0 Å². The Bertz CT molecular complexity index is 676. The number of rotatable bonds is 6. The van der Waals surface area contributed by atoms with Crippen LogP contribution in [-0.4, -0.2) is 25.4 Å². The summed E-state index contributed by atoms with van der Waals surface area (Å²) in [5.41, 5.74) is 0.584. The number of methoxy groups -OCH3 is 2. The van der Waals surface area contributed by atoms with Crippen LogP contribution in [0.25, 0.3) is 0 Å². The van der Waals surface area contributed by atoms with Crippen molar-refractivity contribution in [1.29, 1.82) is 0 Å². The zero-order valence-corrected chi connectivity index (χ0v) is 14.7. The van der Waals surface area contributed by atoms with Gasteiger partial charge >= 0.3 is 0 Å². The molecule has 2 aromatic rings. The Balaban J connectivity index is 2.07. The van der Waals surface area contributed by atoms with E-state index in [2.05, 4.69) is 5.32 Å². The second-order valence-corrected chi connectivity index (χ2v) is 6.62. The van der Waals surface area contributed by atoms with Gasteiger partial charge in [0.25, 0.3) is 0 Å². The maximum absolute atomic E-state index is 12.4. The average Bonchev–Trinajstić information content (AvgIpc) is 2.56. The van der Waals surface area contributed by atoms with Gasteiger partial charge in [0.05, 0.1) is 25.2 Å². The summed E-state index contributed by atoms with van der Waals surface area (Å²) in [6, 6.07) is 12.7. The number of carbonyl (C=O) groups is 1. The normalized spacial score (nSPS) is 11.7. The van der Waals surface area contributed by atoms with Crippen molar-refractivity contribution in [2.45, 2.75) is 17.1 Å². The SMILES string of the molecule is COc1ccc(OC)c(NC(=O)[C@@H](C)Sc2ccc(Cl)cc2)c1. The van der Waals surface area contributed by atoms with Crippen molar-refractivity contribution >= 4 is 35.0 Å². The predicted octanol–water partition coefficient (Wildman–Crippen LogP) is 4.48. The van der Waals surface area contributed by atoms with E-state index in [9.17, 15) is 4.79 Å². The highest BCUT2D eigenvalue weighted by Gasteiger charge is 2.17. The van der Waals surface area contributed by atoms with Crippen LogP contribution in [0, 0.1) is 0 Å². The van der Waals surface area contributed by atoms with Gasteiger partial charge < -0.3 is 14.8 Å². The van der Waals surface area contributed by atoms with Crippen molar-refractivity contribution in [2.75, 3.05) is 19.5 Å². The van der Waals surface area contributed by atoms with Crippen molar-refractivity contribution in [2.24, 2.45) is 0 Å². The third kappa shape index (κ3) is 4.81. The highest BCUT2D eigenvalue weighted by atomic mass is 35.5. The molecule has 1 amide bonds. The van der Waals surface area contributed by atoms with Gasteiger partial charge in [-0.3, -0.25) is 4.79 Å². The molecular weight excluding hydrogens is 334 g/mol. The minimum Gasteiger partial charge on any atom is -0.497 e. The number of ether oxygens (including phenoxy) is 2. The second-order valence-electron chi connectivity index (χ2n) is 4.77. The maximum Gasteiger partial charge on any atom is 0.237 e. The van der Waals surface area contributed by atoms with Crippen LogP contribution in [0.15, 0.2) is 47.4 Å². The molecule has 122 valence electrons. The van der Waals surface area contributed by atoms with E-state index in [0.29, 0.717) is 22.2 Å². The zero-order valence-electron chi connectivity index (χ0n) is 13.1. The Hall–Kier alpha value is -1.85. The molecule has 1 atom stereocenters. The monoisotopic (exact) mass is 351 g/mol. The molecule has 0 spiro atoms.